The number of aromatic nitrogens is 1. The molecule has 0 aliphatic carbocycles. The summed E-state index contributed by atoms with van der Waals surface area (Å²) in [5, 5.41) is 10.6. The number of ether oxygens (including phenoxy) is 1. The molecule has 17 heavy (non-hydrogen) atoms. The van der Waals surface area contributed by atoms with E-state index >= 15 is 0 Å². The lowest BCUT2D eigenvalue weighted by Crippen LogP contribution is -2.12. The van der Waals surface area contributed by atoms with Crippen LogP contribution in [0.25, 0.3) is 0 Å². The zero-order valence-electron chi connectivity index (χ0n) is 8.94. The number of alkyl halides is 2. The number of nitrogens with zero attached hydrogens (tertiary/aromatic N) is 2. The molecule has 0 spiro atoms. The highest BCUT2D eigenvalue weighted by Crippen LogP contribution is 2.28. The van der Waals surface area contributed by atoms with Gasteiger partial charge in [0.15, 0.2) is 0 Å². The average Bonchev–Trinajstić information content (AvgIpc) is 2.26. The van der Waals surface area contributed by atoms with Crippen LogP contribution in [0.2, 0.25) is 0 Å². The van der Waals surface area contributed by atoms with Crippen LogP contribution in [0.4, 0.5) is 14.5 Å². The second-order valence-corrected chi connectivity index (χ2v) is 3.08. The third-order valence-electron chi connectivity index (χ3n) is 2.13. The zero-order chi connectivity index (χ0) is 13.2. The standard InChI is InChI=1S/C9H8F2N2O4/c1-4-5(13(15)16)3-12-7(8(10)11)6(4)9(14)17-2/h3,8H,1-2H3. The van der Waals surface area contributed by atoms with Gasteiger partial charge >= 0.3 is 5.97 Å². The van der Waals surface area contributed by atoms with Gasteiger partial charge in [-0.25, -0.2) is 18.6 Å². The molecule has 1 aromatic heterocycles. The minimum absolute atomic E-state index is 0.188. The SMILES string of the molecule is COC(=O)c1c(C(F)F)ncc([N+](=O)[O-])c1C. The van der Waals surface area contributed by atoms with E-state index in [1.165, 1.54) is 6.92 Å². The minimum Gasteiger partial charge on any atom is -0.465 e. The lowest BCUT2D eigenvalue weighted by atomic mass is 10.1. The summed E-state index contributed by atoms with van der Waals surface area (Å²) >= 11 is 0. The van der Waals surface area contributed by atoms with Gasteiger partial charge in [-0.2, -0.15) is 0 Å². The van der Waals surface area contributed by atoms with Crippen molar-refractivity contribution >= 4 is 11.7 Å². The van der Waals surface area contributed by atoms with E-state index in [9.17, 15) is 23.7 Å². The fourth-order valence-electron chi connectivity index (χ4n) is 1.32. The smallest absolute Gasteiger partial charge is 0.340 e. The van der Waals surface area contributed by atoms with Crippen LogP contribution in [0.3, 0.4) is 0 Å². The van der Waals surface area contributed by atoms with E-state index in [0.29, 0.717) is 6.20 Å². The lowest BCUT2D eigenvalue weighted by Gasteiger charge is -2.09. The first-order valence-electron chi connectivity index (χ1n) is 4.40. The minimum atomic E-state index is -3.01. The van der Waals surface area contributed by atoms with E-state index in [0.717, 1.165) is 7.11 Å². The summed E-state index contributed by atoms with van der Waals surface area (Å²) in [6, 6.07) is 0. The van der Waals surface area contributed by atoms with Crippen LogP contribution in [0.1, 0.15) is 28.0 Å². The highest BCUT2D eigenvalue weighted by Gasteiger charge is 2.28. The van der Waals surface area contributed by atoms with Gasteiger partial charge in [0.25, 0.3) is 12.1 Å². The summed E-state index contributed by atoms with van der Waals surface area (Å²) in [6.45, 7) is 1.19. The van der Waals surface area contributed by atoms with Gasteiger partial charge in [-0.3, -0.25) is 10.1 Å². The Morgan fingerprint density at radius 1 is 1.59 bits per heavy atom. The number of rotatable bonds is 3. The first kappa shape index (κ1) is 12.9. The maximum atomic E-state index is 12.6. The van der Waals surface area contributed by atoms with Crippen molar-refractivity contribution in [2.24, 2.45) is 0 Å². The van der Waals surface area contributed by atoms with Crippen LogP contribution in [0.5, 0.6) is 0 Å². The van der Waals surface area contributed by atoms with E-state index in [-0.39, 0.29) is 5.56 Å². The molecule has 92 valence electrons. The summed E-state index contributed by atoms with van der Waals surface area (Å²) < 4.78 is 29.5. The molecule has 0 aliphatic rings. The summed E-state index contributed by atoms with van der Waals surface area (Å²) in [7, 11) is 0.996. The molecule has 1 aromatic rings. The second kappa shape index (κ2) is 4.81. The van der Waals surface area contributed by atoms with Crippen molar-refractivity contribution in [1.82, 2.24) is 4.98 Å². The Balaban J connectivity index is 3.53. The quantitative estimate of drug-likeness (QED) is 0.463. The van der Waals surface area contributed by atoms with Crippen molar-refractivity contribution < 1.29 is 23.2 Å². The normalized spacial score (nSPS) is 10.4. The van der Waals surface area contributed by atoms with Gasteiger partial charge in [0.2, 0.25) is 0 Å². The van der Waals surface area contributed by atoms with Gasteiger partial charge in [-0.05, 0) is 6.92 Å². The van der Waals surface area contributed by atoms with Crippen LogP contribution < -0.4 is 0 Å². The van der Waals surface area contributed by atoms with Crippen LogP contribution in [-0.4, -0.2) is 23.0 Å². The fraction of sp³-hybridized carbons (Fsp3) is 0.333. The Labute approximate surface area is 94.4 Å². The molecular weight excluding hydrogens is 238 g/mol. The van der Waals surface area contributed by atoms with Crippen LogP contribution >= 0.6 is 0 Å². The number of pyridine rings is 1. The molecule has 0 N–H and O–H groups in total. The Kier molecular flexibility index (Phi) is 3.66. The Morgan fingerprint density at radius 2 is 2.18 bits per heavy atom. The molecule has 0 aromatic carbocycles. The highest BCUT2D eigenvalue weighted by molar-refractivity contribution is 5.93. The van der Waals surface area contributed by atoms with Crippen molar-refractivity contribution in [3.63, 3.8) is 0 Å². The van der Waals surface area contributed by atoms with Crippen molar-refractivity contribution in [3.8, 4) is 0 Å². The zero-order valence-corrected chi connectivity index (χ0v) is 8.94. The predicted octanol–water partition coefficient (Wildman–Crippen LogP) is 2.02. The molecule has 1 heterocycles. The average molecular weight is 246 g/mol. The number of halogens is 2. The molecule has 0 atom stereocenters. The third-order valence-corrected chi connectivity index (χ3v) is 2.13. The molecular formula is C9H8F2N2O4. The first-order valence-corrected chi connectivity index (χ1v) is 4.40. The fourth-order valence-corrected chi connectivity index (χ4v) is 1.32. The third kappa shape index (κ3) is 2.35. The molecule has 0 saturated heterocycles. The molecule has 0 aliphatic heterocycles. The van der Waals surface area contributed by atoms with Gasteiger partial charge in [-0.1, -0.05) is 0 Å². The number of esters is 1. The van der Waals surface area contributed by atoms with E-state index in [4.69, 9.17) is 0 Å². The van der Waals surface area contributed by atoms with Crippen LogP contribution in [-0.2, 0) is 4.74 Å². The molecule has 1 rings (SSSR count). The maximum absolute atomic E-state index is 12.6. The second-order valence-electron chi connectivity index (χ2n) is 3.08. The highest BCUT2D eigenvalue weighted by atomic mass is 19.3. The monoisotopic (exact) mass is 246 g/mol. The lowest BCUT2D eigenvalue weighted by molar-refractivity contribution is -0.385. The number of carbonyl (C=O) groups excluding carboxylic acids is 1. The summed E-state index contributed by atoms with van der Waals surface area (Å²) in [5.41, 5.74) is -2.07. The van der Waals surface area contributed by atoms with Crippen molar-refractivity contribution in [2.75, 3.05) is 7.11 Å². The van der Waals surface area contributed by atoms with Gasteiger partial charge in [0.05, 0.1) is 17.6 Å². The van der Waals surface area contributed by atoms with E-state index in [1.54, 1.807) is 0 Å². The predicted molar refractivity (Wildman–Crippen MR) is 51.9 cm³/mol. The molecule has 0 fully saturated rings. The van der Waals surface area contributed by atoms with Gasteiger partial charge < -0.3 is 4.74 Å². The van der Waals surface area contributed by atoms with Crippen molar-refractivity contribution in [2.45, 2.75) is 13.3 Å². The summed E-state index contributed by atoms with van der Waals surface area (Å²) in [4.78, 5) is 24.3. The van der Waals surface area contributed by atoms with Crippen LogP contribution in [0, 0.1) is 17.0 Å². The molecule has 0 unspecified atom stereocenters. The van der Waals surface area contributed by atoms with Gasteiger partial charge in [-0.15, -0.1) is 0 Å². The van der Waals surface area contributed by atoms with Crippen molar-refractivity contribution in [3.05, 3.63) is 33.1 Å². The Morgan fingerprint density at radius 3 is 2.59 bits per heavy atom. The molecule has 0 radical (unpaired) electrons. The summed E-state index contributed by atoms with van der Waals surface area (Å²) in [5.74, 6) is -1.08. The summed E-state index contributed by atoms with van der Waals surface area (Å²) in [6.07, 6.45) is -2.31. The van der Waals surface area contributed by atoms with Gasteiger partial charge in [0.1, 0.15) is 11.9 Å². The Hall–Kier alpha value is -2.12. The molecule has 0 saturated carbocycles. The molecule has 0 amide bonds. The van der Waals surface area contributed by atoms with Crippen molar-refractivity contribution in [1.29, 1.82) is 0 Å². The molecule has 8 heteroatoms. The Bertz CT molecular complexity index is 476. The number of methoxy groups -OCH3 is 1. The molecule has 0 bridgehead atoms. The number of nitro groups is 1. The largest absolute Gasteiger partial charge is 0.465 e. The topological polar surface area (TPSA) is 82.3 Å². The number of hydrogen-bond donors (Lipinski definition) is 0. The maximum Gasteiger partial charge on any atom is 0.340 e. The van der Waals surface area contributed by atoms with Crippen LogP contribution in [0.15, 0.2) is 6.20 Å². The first-order chi connectivity index (χ1) is 7.90. The van der Waals surface area contributed by atoms with E-state index in [2.05, 4.69) is 9.72 Å². The van der Waals surface area contributed by atoms with Gasteiger partial charge in [0, 0.05) is 5.56 Å². The van der Waals surface area contributed by atoms with E-state index in [1.807, 2.05) is 0 Å². The number of carbonyl (C=O) groups is 1. The van der Waals surface area contributed by atoms with E-state index < -0.39 is 34.3 Å². The molecule has 6 nitrogen and oxygen atoms in total. The number of hydrogen-bond acceptors (Lipinski definition) is 5.